The molecule has 1 heterocycles. The van der Waals surface area contributed by atoms with E-state index in [0.29, 0.717) is 27.8 Å². The standard InChI is InChI=1S/C21H14ClNO3/c22-15-10-11-19(25-16-7-2-1-3-8-16)17(13-15)23-21(24)20-12-14-6-4-5-9-18(14)26-20/h1-13H,(H,23,24). The van der Waals surface area contributed by atoms with Crippen LogP contribution in [0.1, 0.15) is 10.6 Å². The molecule has 1 N–H and O–H groups in total. The second-order valence-electron chi connectivity index (χ2n) is 5.66. The van der Waals surface area contributed by atoms with Crippen LogP contribution in [0, 0.1) is 0 Å². The van der Waals surface area contributed by atoms with E-state index in [9.17, 15) is 4.79 Å². The summed E-state index contributed by atoms with van der Waals surface area (Å²) < 4.78 is 11.5. The summed E-state index contributed by atoms with van der Waals surface area (Å²) in [5.74, 6) is 0.998. The number of amides is 1. The van der Waals surface area contributed by atoms with E-state index in [2.05, 4.69) is 5.32 Å². The Bertz CT molecular complexity index is 1040. The van der Waals surface area contributed by atoms with Gasteiger partial charge < -0.3 is 14.5 Å². The van der Waals surface area contributed by atoms with Gasteiger partial charge in [-0.25, -0.2) is 0 Å². The highest BCUT2D eigenvalue weighted by Gasteiger charge is 2.15. The molecule has 4 rings (SSSR count). The number of carbonyl (C=O) groups is 1. The van der Waals surface area contributed by atoms with Crippen LogP contribution in [0.4, 0.5) is 5.69 Å². The highest BCUT2D eigenvalue weighted by molar-refractivity contribution is 6.31. The maximum Gasteiger partial charge on any atom is 0.291 e. The first kappa shape index (κ1) is 16.2. The Kier molecular flexibility index (Phi) is 4.33. The molecule has 0 radical (unpaired) electrons. The molecule has 0 aliphatic heterocycles. The summed E-state index contributed by atoms with van der Waals surface area (Å²) in [7, 11) is 0. The molecule has 0 bridgehead atoms. The number of para-hydroxylation sites is 2. The summed E-state index contributed by atoms with van der Waals surface area (Å²) in [6.45, 7) is 0. The van der Waals surface area contributed by atoms with Crippen molar-refractivity contribution in [1.82, 2.24) is 0 Å². The largest absolute Gasteiger partial charge is 0.455 e. The van der Waals surface area contributed by atoms with Crippen molar-refractivity contribution in [2.45, 2.75) is 0 Å². The normalized spacial score (nSPS) is 10.7. The predicted molar refractivity (Wildman–Crippen MR) is 102 cm³/mol. The first-order valence-electron chi connectivity index (χ1n) is 8.01. The van der Waals surface area contributed by atoms with Crippen LogP contribution in [0.2, 0.25) is 5.02 Å². The third kappa shape index (κ3) is 3.41. The Labute approximate surface area is 155 Å². The van der Waals surface area contributed by atoms with Gasteiger partial charge in [0.15, 0.2) is 11.5 Å². The van der Waals surface area contributed by atoms with Crippen molar-refractivity contribution in [3.8, 4) is 11.5 Å². The number of hydrogen-bond donors (Lipinski definition) is 1. The Hall–Kier alpha value is -3.24. The van der Waals surface area contributed by atoms with Crippen LogP contribution in [-0.2, 0) is 0 Å². The van der Waals surface area contributed by atoms with Crippen LogP contribution in [-0.4, -0.2) is 5.91 Å². The molecule has 0 saturated heterocycles. The molecule has 0 fully saturated rings. The number of anilines is 1. The van der Waals surface area contributed by atoms with Crippen molar-refractivity contribution in [1.29, 1.82) is 0 Å². The molecule has 0 unspecified atom stereocenters. The maximum atomic E-state index is 12.6. The molecule has 0 aliphatic carbocycles. The minimum Gasteiger partial charge on any atom is -0.455 e. The topological polar surface area (TPSA) is 51.5 Å². The lowest BCUT2D eigenvalue weighted by atomic mass is 10.2. The molecule has 0 atom stereocenters. The van der Waals surface area contributed by atoms with Crippen molar-refractivity contribution in [3.05, 3.63) is 89.6 Å². The minimum absolute atomic E-state index is 0.219. The van der Waals surface area contributed by atoms with Crippen LogP contribution in [0.15, 0.2) is 83.3 Å². The van der Waals surface area contributed by atoms with Crippen molar-refractivity contribution >= 4 is 34.2 Å². The quantitative estimate of drug-likeness (QED) is 0.474. The van der Waals surface area contributed by atoms with Gasteiger partial charge in [-0.15, -0.1) is 0 Å². The number of rotatable bonds is 4. The number of hydrogen-bond acceptors (Lipinski definition) is 3. The molecular weight excluding hydrogens is 350 g/mol. The number of ether oxygens (including phenoxy) is 1. The zero-order valence-corrected chi connectivity index (χ0v) is 14.4. The Morgan fingerprint density at radius 1 is 0.923 bits per heavy atom. The summed E-state index contributed by atoms with van der Waals surface area (Å²) >= 11 is 6.08. The third-order valence-electron chi connectivity index (χ3n) is 3.81. The second-order valence-corrected chi connectivity index (χ2v) is 6.09. The van der Waals surface area contributed by atoms with Gasteiger partial charge in [0, 0.05) is 10.4 Å². The average Bonchev–Trinajstić information content (AvgIpc) is 3.09. The van der Waals surface area contributed by atoms with Crippen LogP contribution < -0.4 is 10.1 Å². The number of halogens is 1. The van der Waals surface area contributed by atoms with Crippen molar-refractivity contribution in [3.63, 3.8) is 0 Å². The van der Waals surface area contributed by atoms with E-state index >= 15 is 0 Å². The first-order valence-corrected chi connectivity index (χ1v) is 8.39. The molecule has 5 heteroatoms. The van der Waals surface area contributed by atoms with E-state index < -0.39 is 0 Å². The van der Waals surface area contributed by atoms with Crippen molar-refractivity contribution in [2.24, 2.45) is 0 Å². The molecule has 26 heavy (non-hydrogen) atoms. The van der Waals surface area contributed by atoms with E-state index in [1.165, 1.54) is 0 Å². The lowest BCUT2D eigenvalue weighted by Gasteiger charge is -2.12. The monoisotopic (exact) mass is 363 g/mol. The van der Waals surface area contributed by atoms with Gasteiger partial charge in [-0.3, -0.25) is 4.79 Å². The highest BCUT2D eigenvalue weighted by Crippen LogP contribution is 2.32. The minimum atomic E-state index is -0.374. The van der Waals surface area contributed by atoms with Gasteiger partial charge >= 0.3 is 0 Å². The first-order chi connectivity index (χ1) is 12.7. The van der Waals surface area contributed by atoms with E-state index in [1.807, 2.05) is 54.6 Å². The Morgan fingerprint density at radius 2 is 1.69 bits per heavy atom. The maximum absolute atomic E-state index is 12.6. The van der Waals surface area contributed by atoms with Crippen LogP contribution in [0.3, 0.4) is 0 Å². The summed E-state index contributed by atoms with van der Waals surface area (Å²) in [4.78, 5) is 12.6. The van der Waals surface area contributed by atoms with Gasteiger partial charge in [-0.05, 0) is 42.5 Å². The molecule has 128 valence electrons. The van der Waals surface area contributed by atoms with Crippen LogP contribution in [0.5, 0.6) is 11.5 Å². The van der Waals surface area contributed by atoms with E-state index in [-0.39, 0.29) is 11.7 Å². The van der Waals surface area contributed by atoms with Crippen molar-refractivity contribution < 1.29 is 13.9 Å². The summed E-state index contributed by atoms with van der Waals surface area (Å²) in [5.41, 5.74) is 1.12. The smallest absolute Gasteiger partial charge is 0.291 e. The second kappa shape index (κ2) is 6.94. The highest BCUT2D eigenvalue weighted by atomic mass is 35.5. The molecule has 4 nitrogen and oxygen atoms in total. The lowest BCUT2D eigenvalue weighted by Crippen LogP contribution is -2.11. The summed E-state index contributed by atoms with van der Waals surface area (Å²) in [6.07, 6.45) is 0. The summed E-state index contributed by atoms with van der Waals surface area (Å²) in [6, 6.07) is 23.5. The summed E-state index contributed by atoms with van der Waals surface area (Å²) in [5, 5.41) is 4.16. The van der Waals surface area contributed by atoms with Gasteiger partial charge in [0.1, 0.15) is 11.3 Å². The molecule has 0 spiro atoms. The Balaban J connectivity index is 1.62. The van der Waals surface area contributed by atoms with Gasteiger partial charge in [0.05, 0.1) is 5.69 Å². The van der Waals surface area contributed by atoms with E-state index in [4.69, 9.17) is 20.8 Å². The van der Waals surface area contributed by atoms with E-state index in [0.717, 1.165) is 5.39 Å². The average molecular weight is 364 g/mol. The molecule has 0 aliphatic rings. The zero-order valence-electron chi connectivity index (χ0n) is 13.6. The molecular formula is C21H14ClNO3. The van der Waals surface area contributed by atoms with Crippen LogP contribution in [0.25, 0.3) is 11.0 Å². The molecule has 4 aromatic rings. The van der Waals surface area contributed by atoms with Crippen molar-refractivity contribution in [2.75, 3.05) is 5.32 Å². The number of furan rings is 1. The number of benzene rings is 3. The fraction of sp³-hybridized carbons (Fsp3) is 0. The number of carbonyl (C=O) groups excluding carboxylic acids is 1. The fourth-order valence-electron chi connectivity index (χ4n) is 2.58. The van der Waals surface area contributed by atoms with Gasteiger partial charge in [-0.1, -0.05) is 48.0 Å². The zero-order chi connectivity index (χ0) is 17.9. The molecule has 0 saturated carbocycles. The molecule has 3 aromatic carbocycles. The Morgan fingerprint density at radius 3 is 2.50 bits per heavy atom. The molecule has 1 aromatic heterocycles. The molecule has 1 amide bonds. The van der Waals surface area contributed by atoms with Gasteiger partial charge in [0.2, 0.25) is 0 Å². The number of fused-ring (bicyclic) bond motifs is 1. The fourth-order valence-corrected chi connectivity index (χ4v) is 2.75. The van der Waals surface area contributed by atoms with Gasteiger partial charge in [0.25, 0.3) is 5.91 Å². The van der Waals surface area contributed by atoms with Gasteiger partial charge in [-0.2, -0.15) is 0 Å². The van der Waals surface area contributed by atoms with Crippen LogP contribution >= 0.6 is 11.6 Å². The third-order valence-corrected chi connectivity index (χ3v) is 4.05. The predicted octanol–water partition coefficient (Wildman–Crippen LogP) is 6.13. The SMILES string of the molecule is O=C(Nc1cc(Cl)ccc1Oc1ccccc1)c1cc2ccccc2o1. The lowest BCUT2D eigenvalue weighted by molar-refractivity contribution is 0.0998. The number of nitrogens with one attached hydrogen (secondary N) is 1. The van der Waals surface area contributed by atoms with E-state index in [1.54, 1.807) is 24.3 Å².